The molecule has 2 rings (SSSR count). The van der Waals surface area contributed by atoms with E-state index in [1.54, 1.807) is 0 Å². The average Bonchev–Trinajstić information content (AvgIpc) is 2.68. The number of hydrogen-bond acceptors (Lipinski definition) is 4. The highest BCUT2D eigenvalue weighted by atomic mass is 35.5. The highest BCUT2D eigenvalue weighted by molar-refractivity contribution is 8.14. The summed E-state index contributed by atoms with van der Waals surface area (Å²) in [5.74, 6) is -1.19. The molecule has 1 atom stereocenters. The normalized spacial score (nSPS) is 18.4. The number of amides is 1. The Bertz CT molecular complexity index is 590. The van der Waals surface area contributed by atoms with Crippen LogP contribution in [0.15, 0.2) is 18.2 Å². The number of carbonyl (C=O) groups is 3. The highest BCUT2D eigenvalue weighted by Gasteiger charge is 2.33. The van der Waals surface area contributed by atoms with Crippen molar-refractivity contribution in [2.45, 2.75) is 18.6 Å². The Kier molecular flexibility index (Phi) is 4.35. The van der Waals surface area contributed by atoms with E-state index in [0.29, 0.717) is 12.2 Å². The third-order valence-corrected chi connectivity index (χ3v) is 4.19. The number of anilines is 1. The number of hydrogen-bond donors (Lipinski definition) is 1. The fourth-order valence-corrected chi connectivity index (χ4v) is 3.28. The number of carboxylic acids is 1. The molecule has 5 nitrogen and oxygen atoms in total. The number of aromatic carboxylic acids is 1. The van der Waals surface area contributed by atoms with Gasteiger partial charge in [0.1, 0.15) is 0 Å². The highest BCUT2D eigenvalue weighted by Crippen LogP contribution is 2.33. The Hall–Kier alpha value is -1.53. The number of thioether (sulfide) groups is 1. The summed E-state index contributed by atoms with van der Waals surface area (Å²) in [6.07, 6.45) is 0.279. The molecule has 106 valence electrons. The maximum Gasteiger partial charge on any atom is 0.335 e. The van der Waals surface area contributed by atoms with Gasteiger partial charge in [0, 0.05) is 25.1 Å². The monoisotopic (exact) mass is 313 g/mol. The molecule has 0 radical (unpaired) electrons. The summed E-state index contributed by atoms with van der Waals surface area (Å²) < 4.78 is 0. The zero-order chi connectivity index (χ0) is 14.9. The van der Waals surface area contributed by atoms with Gasteiger partial charge in [-0.2, -0.15) is 0 Å². The Morgan fingerprint density at radius 3 is 2.70 bits per heavy atom. The van der Waals surface area contributed by atoms with E-state index in [1.165, 1.54) is 30.0 Å². The van der Waals surface area contributed by atoms with Gasteiger partial charge in [-0.3, -0.25) is 9.59 Å². The van der Waals surface area contributed by atoms with Gasteiger partial charge in [-0.25, -0.2) is 4.79 Å². The summed E-state index contributed by atoms with van der Waals surface area (Å²) in [7, 11) is 0. The van der Waals surface area contributed by atoms with Crippen molar-refractivity contribution in [2.75, 3.05) is 11.4 Å². The van der Waals surface area contributed by atoms with E-state index in [1.807, 2.05) is 0 Å². The first-order valence-corrected chi connectivity index (χ1v) is 7.14. The summed E-state index contributed by atoms with van der Waals surface area (Å²) in [6.45, 7) is 1.86. The van der Waals surface area contributed by atoms with Crippen molar-refractivity contribution >= 4 is 46.0 Å². The molecule has 1 N–H and O–H groups in total. The molecule has 0 bridgehead atoms. The minimum Gasteiger partial charge on any atom is -0.478 e. The molecule has 0 aromatic heterocycles. The second kappa shape index (κ2) is 5.85. The fourth-order valence-electron chi connectivity index (χ4n) is 2.08. The lowest BCUT2D eigenvalue weighted by Gasteiger charge is -2.18. The Morgan fingerprint density at radius 1 is 1.45 bits per heavy atom. The molecule has 0 aliphatic carbocycles. The van der Waals surface area contributed by atoms with Gasteiger partial charge in [-0.05, 0) is 18.2 Å². The molecule has 1 aromatic carbocycles. The van der Waals surface area contributed by atoms with Gasteiger partial charge in [0.2, 0.25) is 5.91 Å². The molecular weight excluding hydrogens is 302 g/mol. The zero-order valence-electron chi connectivity index (χ0n) is 10.6. The molecule has 7 heteroatoms. The van der Waals surface area contributed by atoms with Crippen molar-refractivity contribution in [1.29, 1.82) is 0 Å². The van der Waals surface area contributed by atoms with Gasteiger partial charge >= 0.3 is 5.97 Å². The molecule has 1 amide bonds. The molecule has 1 aromatic rings. The van der Waals surface area contributed by atoms with Gasteiger partial charge in [-0.1, -0.05) is 23.4 Å². The molecule has 1 heterocycles. The smallest absolute Gasteiger partial charge is 0.335 e. The second-order valence-electron chi connectivity index (χ2n) is 4.41. The van der Waals surface area contributed by atoms with Crippen molar-refractivity contribution in [3.63, 3.8) is 0 Å². The first-order valence-electron chi connectivity index (χ1n) is 5.89. The van der Waals surface area contributed by atoms with Crippen molar-refractivity contribution in [2.24, 2.45) is 0 Å². The number of carboxylic acid groups (broad SMARTS) is 1. The van der Waals surface area contributed by atoms with Gasteiger partial charge in [0.05, 0.1) is 16.3 Å². The Morgan fingerprint density at radius 2 is 2.15 bits per heavy atom. The molecule has 1 unspecified atom stereocenters. The summed E-state index contributed by atoms with van der Waals surface area (Å²) >= 11 is 7.18. The lowest BCUT2D eigenvalue weighted by atomic mass is 10.2. The van der Waals surface area contributed by atoms with Crippen LogP contribution in [0.25, 0.3) is 0 Å². The van der Waals surface area contributed by atoms with E-state index in [9.17, 15) is 14.4 Å². The lowest BCUT2D eigenvalue weighted by Crippen LogP contribution is -2.25. The second-order valence-corrected chi connectivity index (χ2v) is 6.30. The molecule has 20 heavy (non-hydrogen) atoms. The van der Waals surface area contributed by atoms with E-state index < -0.39 is 5.97 Å². The summed E-state index contributed by atoms with van der Waals surface area (Å²) in [5.41, 5.74) is 0.549. The van der Waals surface area contributed by atoms with Crippen molar-refractivity contribution in [3.05, 3.63) is 28.8 Å². The van der Waals surface area contributed by atoms with E-state index in [-0.39, 0.29) is 33.3 Å². The van der Waals surface area contributed by atoms with Crippen LogP contribution < -0.4 is 4.90 Å². The maximum absolute atomic E-state index is 12.0. The third-order valence-electron chi connectivity index (χ3n) is 2.91. The Labute approximate surface area is 124 Å². The molecule has 0 spiro atoms. The van der Waals surface area contributed by atoms with E-state index >= 15 is 0 Å². The van der Waals surface area contributed by atoms with Gasteiger partial charge in [0.15, 0.2) is 5.12 Å². The SMILES string of the molecule is CC(=O)SC1CC(=O)N(c2ccc(C(=O)O)cc2Cl)C1. The van der Waals surface area contributed by atoms with Crippen LogP contribution in [0.3, 0.4) is 0 Å². The predicted octanol–water partition coefficient (Wildman–Crippen LogP) is 2.42. The fraction of sp³-hybridized carbons (Fsp3) is 0.308. The van der Waals surface area contributed by atoms with Crippen LogP contribution in [0.2, 0.25) is 5.02 Å². The summed E-state index contributed by atoms with van der Waals surface area (Å²) in [5, 5.41) is 8.97. The third kappa shape index (κ3) is 3.13. The first kappa shape index (κ1) is 14.9. The van der Waals surface area contributed by atoms with Crippen LogP contribution in [-0.4, -0.2) is 33.9 Å². The average molecular weight is 314 g/mol. The van der Waals surface area contributed by atoms with Crippen molar-refractivity contribution < 1.29 is 19.5 Å². The number of benzene rings is 1. The van der Waals surface area contributed by atoms with Gasteiger partial charge in [-0.15, -0.1) is 0 Å². The minimum absolute atomic E-state index is 0.0306. The van der Waals surface area contributed by atoms with Crippen LogP contribution in [0.4, 0.5) is 5.69 Å². The van der Waals surface area contributed by atoms with Crippen LogP contribution in [-0.2, 0) is 9.59 Å². The number of rotatable bonds is 3. The number of nitrogens with zero attached hydrogens (tertiary/aromatic N) is 1. The molecule has 1 aliphatic rings. The molecular formula is C13H12ClNO4S. The van der Waals surface area contributed by atoms with Crippen molar-refractivity contribution in [3.8, 4) is 0 Å². The first-order chi connectivity index (χ1) is 9.38. The van der Waals surface area contributed by atoms with Crippen LogP contribution in [0, 0.1) is 0 Å². The van der Waals surface area contributed by atoms with Crippen LogP contribution in [0.1, 0.15) is 23.7 Å². The standard InChI is InChI=1S/C13H12ClNO4S/c1-7(16)20-9-5-12(17)15(6-9)11-3-2-8(13(18)19)4-10(11)14/h2-4,9H,5-6H2,1H3,(H,18,19). The largest absolute Gasteiger partial charge is 0.478 e. The summed E-state index contributed by atoms with van der Waals surface area (Å²) in [6, 6.07) is 4.24. The van der Waals surface area contributed by atoms with Gasteiger partial charge in [0.25, 0.3) is 0 Å². The van der Waals surface area contributed by atoms with Crippen LogP contribution in [0.5, 0.6) is 0 Å². The van der Waals surface area contributed by atoms with Crippen LogP contribution >= 0.6 is 23.4 Å². The topological polar surface area (TPSA) is 74.7 Å². The number of carbonyl (C=O) groups excluding carboxylic acids is 2. The minimum atomic E-state index is -1.07. The van der Waals surface area contributed by atoms with Crippen molar-refractivity contribution in [1.82, 2.24) is 0 Å². The maximum atomic E-state index is 12.0. The predicted molar refractivity (Wildman–Crippen MR) is 77.4 cm³/mol. The van der Waals surface area contributed by atoms with E-state index in [0.717, 1.165) is 11.8 Å². The van der Waals surface area contributed by atoms with E-state index in [4.69, 9.17) is 16.7 Å². The lowest BCUT2D eigenvalue weighted by molar-refractivity contribution is -0.117. The molecule has 0 saturated carbocycles. The van der Waals surface area contributed by atoms with E-state index in [2.05, 4.69) is 0 Å². The molecule has 1 aliphatic heterocycles. The van der Waals surface area contributed by atoms with Gasteiger partial charge < -0.3 is 10.0 Å². The number of halogens is 1. The zero-order valence-corrected chi connectivity index (χ0v) is 12.2. The Balaban J connectivity index is 2.22. The molecule has 1 fully saturated rings. The molecule has 1 saturated heterocycles. The quantitative estimate of drug-likeness (QED) is 0.927. The summed E-state index contributed by atoms with van der Waals surface area (Å²) in [4.78, 5) is 35.4.